The zero-order valence-corrected chi connectivity index (χ0v) is 16.2. The van der Waals surface area contributed by atoms with Gasteiger partial charge in [-0.15, -0.1) is 0 Å². The van der Waals surface area contributed by atoms with Crippen molar-refractivity contribution in [3.8, 4) is 0 Å². The van der Waals surface area contributed by atoms with Gasteiger partial charge in [0.15, 0.2) is 5.78 Å². The summed E-state index contributed by atoms with van der Waals surface area (Å²) < 4.78 is 0. The lowest BCUT2D eigenvalue weighted by Crippen LogP contribution is -2.43. The van der Waals surface area contributed by atoms with Crippen molar-refractivity contribution < 1.29 is 9.59 Å². The van der Waals surface area contributed by atoms with Crippen LogP contribution in [0.25, 0.3) is 0 Å². The molecule has 3 rings (SSSR count). The van der Waals surface area contributed by atoms with Crippen LogP contribution in [0.4, 0.5) is 0 Å². The summed E-state index contributed by atoms with van der Waals surface area (Å²) in [6.45, 7) is 4.71. The smallest absolute Gasteiger partial charge is 0.236 e. The Kier molecular flexibility index (Phi) is 6.40. The largest absolute Gasteiger partial charge is 0.340 e. The highest BCUT2D eigenvalue weighted by Crippen LogP contribution is 2.21. The summed E-state index contributed by atoms with van der Waals surface area (Å²) in [5, 5.41) is 0. The number of aryl methyl sites for hydroxylation is 1. The molecule has 1 fully saturated rings. The average molecular weight is 364 g/mol. The van der Waals surface area contributed by atoms with Crippen molar-refractivity contribution in [3.05, 3.63) is 71.3 Å². The summed E-state index contributed by atoms with van der Waals surface area (Å²) in [5.74, 6) is 0.436. The molecule has 4 heteroatoms. The molecule has 142 valence electrons. The van der Waals surface area contributed by atoms with Crippen LogP contribution < -0.4 is 0 Å². The van der Waals surface area contributed by atoms with Crippen LogP contribution in [-0.4, -0.2) is 48.2 Å². The van der Waals surface area contributed by atoms with Crippen LogP contribution in [0, 0.1) is 12.8 Å². The maximum Gasteiger partial charge on any atom is 0.236 e. The van der Waals surface area contributed by atoms with Gasteiger partial charge in [0.1, 0.15) is 0 Å². The maximum atomic E-state index is 12.6. The minimum atomic E-state index is 0.0732. The van der Waals surface area contributed by atoms with Crippen molar-refractivity contribution in [2.24, 2.45) is 5.92 Å². The molecule has 4 nitrogen and oxygen atoms in total. The Hall–Kier alpha value is -2.46. The minimum absolute atomic E-state index is 0.0732. The van der Waals surface area contributed by atoms with Gasteiger partial charge in [-0.2, -0.15) is 0 Å². The van der Waals surface area contributed by atoms with E-state index in [1.807, 2.05) is 37.4 Å². The molecule has 0 saturated carbocycles. The molecule has 1 heterocycles. The topological polar surface area (TPSA) is 40.6 Å². The first-order chi connectivity index (χ1) is 13.0. The minimum Gasteiger partial charge on any atom is -0.340 e. The molecule has 2 aromatic carbocycles. The lowest BCUT2D eigenvalue weighted by atomic mass is 9.89. The third kappa shape index (κ3) is 5.27. The van der Waals surface area contributed by atoms with E-state index in [-0.39, 0.29) is 17.6 Å². The number of piperidine rings is 1. The molecule has 0 aromatic heterocycles. The highest BCUT2D eigenvalue weighted by molar-refractivity contribution is 5.97. The number of Topliss-reactive ketones (excluding diaryl/α,β-unsaturated/α-hetero) is 1. The van der Waals surface area contributed by atoms with E-state index in [2.05, 4.69) is 36.1 Å². The third-order valence-corrected chi connectivity index (χ3v) is 5.34. The first-order valence-electron chi connectivity index (χ1n) is 9.64. The molecular weight excluding hydrogens is 336 g/mol. The van der Waals surface area contributed by atoms with Crippen LogP contribution in [0.3, 0.4) is 0 Å². The average Bonchev–Trinajstić information content (AvgIpc) is 2.70. The number of carbonyl (C=O) groups is 2. The SMILES string of the molecule is Cc1ccc(CN(C)C(=O)CN2CCC(C(=O)c3ccccc3)CC2)cc1. The van der Waals surface area contributed by atoms with Crippen LogP contribution in [0.1, 0.15) is 34.3 Å². The lowest BCUT2D eigenvalue weighted by molar-refractivity contribution is -0.131. The van der Waals surface area contributed by atoms with Gasteiger partial charge in [-0.05, 0) is 38.4 Å². The number of nitrogens with zero attached hydrogens (tertiary/aromatic N) is 2. The Labute approximate surface area is 161 Å². The second kappa shape index (κ2) is 8.96. The summed E-state index contributed by atoms with van der Waals surface area (Å²) in [6, 6.07) is 17.8. The summed E-state index contributed by atoms with van der Waals surface area (Å²) >= 11 is 0. The quantitative estimate of drug-likeness (QED) is 0.736. The van der Waals surface area contributed by atoms with Gasteiger partial charge in [0.2, 0.25) is 5.91 Å². The van der Waals surface area contributed by atoms with Crippen LogP contribution >= 0.6 is 0 Å². The normalized spacial score (nSPS) is 15.5. The van der Waals surface area contributed by atoms with E-state index in [4.69, 9.17) is 0 Å². The van der Waals surface area contributed by atoms with E-state index < -0.39 is 0 Å². The Morgan fingerprint density at radius 2 is 1.63 bits per heavy atom. The molecule has 1 aliphatic heterocycles. The number of benzene rings is 2. The predicted octanol–water partition coefficient (Wildman–Crippen LogP) is 3.55. The zero-order valence-electron chi connectivity index (χ0n) is 16.2. The van der Waals surface area contributed by atoms with Crippen molar-refractivity contribution in [2.45, 2.75) is 26.3 Å². The summed E-state index contributed by atoms with van der Waals surface area (Å²) in [5.41, 5.74) is 3.16. The fourth-order valence-electron chi connectivity index (χ4n) is 3.56. The van der Waals surface area contributed by atoms with Crippen molar-refractivity contribution in [2.75, 3.05) is 26.7 Å². The second-order valence-corrected chi connectivity index (χ2v) is 7.52. The standard InChI is InChI=1S/C23H28N2O2/c1-18-8-10-19(11-9-18)16-24(2)22(26)17-25-14-12-21(13-15-25)23(27)20-6-4-3-5-7-20/h3-11,21H,12-17H2,1-2H3. The number of likely N-dealkylation sites (N-methyl/N-ethyl adjacent to an activating group) is 1. The summed E-state index contributed by atoms with van der Waals surface area (Å²) in [7, 11) is 1.86. The highest BCUT2D eigenvalue weighted by atomic mass is 16.2. The number of ketones is 1. The Bertz CT molecular complexity index is 763. The zero-order chi connectivity index (χ0) is 19.2. The molecule has 1 amide bonds. The summed E-state index contributed by atoms with van der Waals surface area (Å²) in [4.78, 5) is 29.1. The highest BCUT2D eigenvalue weighted by Gasteiger charge is 2.27. The third-order valence-electron chi connectivity index (χ3n) is 5.34. The molecule has 0 radical (unpaired) electrons. The first-order valence-corrected chi connectivity index (χ1v) is 9.64. The van der Waals surface area contributed by atoms with E-state index in [9.17, 15) is 9.59 Å². The predicted molar refractivity (Wildman–Crippen MR) is 108 cm³/mol. The number of hydrogen-bond donors (Lipinski definition) is 0. The fraction of sp³-hybridized carbons (Fsp3) is 0.391. The van der Waals surface area contributed by atoms with Gasteiger partial charge in [0, 0.05) is 25.1 Å². The van der Waals surface area contributed by atoms with Crippen LogP contribution in [0.5, 0.6) is 0 Å². The molecule has 1 saturated heterocycles. The van der Waals surface area contributed by atoms with Gasteiger partial charge >= 0.3 is 0 Å². The first kappa shape index (κ1) is 19.3. The van der Waals surface area contributed by atoms with E-state index >= 15 is 0 Å². The maximum absolute atomic E-state index is 12.6. The Balaban J connectivity index is 1.46. The second-order valence-electron chi connectivity index (χ2n) is 7.52. The van der Waals surface area contributed by atoms with Gasteiger partial charge in [-0.3, -0.25) is 14.5 Å². The molecule has 0 spiro atoms. The number of likely N-dealkylation sites (tertiary alicyclic amines) is 1. The molecule has 0 unspecified atom stereocenters. The van der Waals surface area contributed by atoms with E-state index in [0.29, 0.717) is 13.1 Å². The van der Waals surface area contributed by atoms with Gasteiger partial charge in [0.05, 0.1) is 6.54 Å². The molecule has 0 bridgehead atoms. The molecule has 0 aliphatic carbocycles. The van der Waals surface area contributed by atoms with Gasteiger partial charge in [-0.1, -0.05) is 60.2 Å². The Morgan fingerprint density at radius 1 is 1.00 bits per heavy atom. The van der Waals surface area contributed by atoms with E-state index in [1.54, 1.807) is 4.90 Å². The van der Waals surface area contributed by atoms with Crippen molar-refractivity contribution in [1.29, 1.82) is 0 Å². The van der Waals surface area contributed by atoms with Crippen molar-refractivity contribution in [3.63, 3.8) is 0 Å². The van der Waals surface area contributed by atoms with Gasteiger partial charge < -0.3 is 4.90 Å². The number of rotatable bonds is 6. The monoisotopic (exact) mass is 364 g/mol. The van der Waals surface area contributed by atoms with Crippen LogP contribution in [-0.2, 0) is 11.3 Å². The molecule has 0 N–H and O–H groups in total. The molecule has 2 aromatic rings. The van der Waals surface area contributed by atoms with Crippen LogP contribution in [0.15, 0.2) is 54.6 Å². The summed E-state index contributed by atoms with van der Waals surface area (Å²) in [6.07, 6.45) is 1.64. The molecule has 0 atom stereocenters. The van der Waals surface area contributed by atoms with Crippen molar-refractivity contribution in [1.82, 2.24) is 9.80 Å². The molecular formula is C23H28N2O2. The molecule has 1 aliphatic rings. The van der Waals surface area contributed by atoms with Crippen LogP contribution in [0.2, 0.25) is 0 Å². The fourth-order valence-corrected chi connectivity index (χ4v) is 3.56. The number of carbonyl (C=O) groups excluding carboxylic acids is 2. The van der Waals surface area contributed by atoms with Crippen molar-refractivity contribution >= 4 is 11.7 Å². The molecule has 27 heavy (non-hydrogen) atoms. The number of hydrogen-bond acceptors (Lipinski definition) is 3. The van der Waals surface area contributed by atoms with Gasteiger partial charge in [-0.25, -0.2) is 0 Å². The lowest BCUT2D eigenvalue weighted by Gasteiger charge is -2.32. The van der Waals surface area contributed by atoms with E-state index in [0.717, 1.165) is 37.1 Å². The Morgan fingerprint density at radius 3 is 2.26 bits per heavy atom. The number of amides is 1. The van der Waals surface area contributed by atoms with Gasteiger partial charge in [0.25, 0.3) is 0 Å². The van der Waals surface area contributed by atoms with E-state index in [1.165, 1.54) is 5.56 Å².